The largest absolute Gasteiger partial charge is 0.467 e. The van der Waals surface area contributed by atoms with Crippen LogP contribution in [0.3, 0.4) is 0 Å². The average Bonchev–Trinajstić information content (AvgIpc) is 3.44. The Bertz CT molecular complexity index is 1070. The van der Waals surface area contributed by atoms with Crippen molar-refractivity contribution >= 4 is 28.2 Å². The Morgan fingerprint density at radius 1 is 1.42 bits per heavy atom. The number of furan rings is 1. The van der Waals surface area contributed by atoms with Crippen molar-refractivity contribution in [1.82, 2.24) is 25.2 Å². The summed E-state index contributed by atoms with van der Waals surface area (Å²) in [6.07, 6.45) is 3.65. The minimum Gasteiger partial charge on any atom is -0.467 e. The highest BCUT2D eigenvalue weighted by Gasteiger charge is 2.23. The number of aromatic nitrogens is 3. The third-order valence-corrected chi connectivity index (χ3v) is 5.81. The molecule has 1 saturated heterocycles. The number of rotatable bonds is 7. The molecule has 1 aliphatic rings. The zero-order chi connectivity index (χ0) is 21.6. The molecule has 0 bridgehead atoms. The number of thiazole rings is 1. The van der Waals surface area contributed by atoms with Crippen LogP contribution < -0.4 is 10.6 Å². The molecule has 1 fully saturated rings. The molecule has 1 unspecified atom stereocenters. The first-order valence-electron chi connectivity index (χ1n) is 10.1. The second-order valence-corrected chi connectivity index (χ2v) is 8.24. The number of carbonyl (C=O) groups excluding carboxylic acids is 1. The van der Waals surface area contributed by atoms with E-state index in [-0.39, 0.29) is 11.8 Å². The molecular formula is C21H23N7O2S. The number of anilines is 2. The van der Waals surface area contributed by atoms with Gasteiger partial charge in [-0.05, 0) is 38.4 Å². The maximum Gasteiger partial charge on any atom is 0.271 e. The highest BCUT2D eigenvalue weighted by Crippen LogP contribution is 2.28. The summed E-state index contributed by atoms with van der Waals surface area (Å²) in [6.45, 7) is 4.38. The van der Waals surface area contributed by atoms with Crippen LogP contribution in [0.5, 0.6) is 0 Å². The molecule has 0 aliphatic carbocycles. The zero-order valence-corrected chi connectivity index (χ0v) is 18.0. The molecule has 4 rings (SSSR count). The number of piperidine rings is 1. The topological polar surface area (TPSA) is 120 Å². The molecule has 2 N–H and O–H groups in total. The molecule has 9 nitrogen and oxygen atoms in total. The van der Waals surface area contributed by atoms with Gasteiger partial charge in [-0.3, -0.25) is 9.69 Å². The van der Waals surface area contributed by atoms with Gasteiger partial charge in [0.05, 0.1) is 31.1 Å². The van der Waals surface area contributed by atoms with Crippen molar-refractivity contribution in [1.29, 1.82) is 5.26 Å². The van der Waals surface area contributed by atoms with Crippen molar-refractivity contribution < 1.29 is 9.21 Å². The molecule has 0 spiro atoms. The highest BCUT2D eigenvalue weighted by molar-refractivity contribution is 7.14. The third-order valence-electron chi connectivity index (χ3n) is 5.05. The maximum absolute atomic E-state index is 12.3. The fraction of sp³-hybridized carbons (Fsp3) is 0.381. The SMILES string of the molecule is Cc1nc(Nc2nc(C(=O)NCc3ccco3)cs2)cc(C2CCCN(CC#N)C2)n1. The Morgan fingerprint density at radius 3 is 3.13 bits per heavy atom. The standard InChI is InChI=1S/C21H23N7O2S/c1-14-24-17(15-4-2-7-28(12-15)8-6-22)10-19(25-14)27-21-26-18(13-31-21)20(29)23-11-16-5-3-9-30-16/h3,5,9-10,13,15H,2,4,7-8,11-12H2,1H3,(H,23,29)(H,24,25,26,27). The molecule has 0 saturated carbocycles. The van der Waals surface area contributed by atoms with Gasteiger partial charge >= 0.3 is 0 Å². The second kappa shape index (κ2) is 9.68. The lowest BCUT2D eigenvalue weighted by atomic mass is 9.94. The summed E-state index contributed by atoms with van der Waals surface area (Å²) >= 11 is 1.34. The van der Waals surface area contributed by atoms with E-state index >= 15 is 0 Å². The fourth-order valence-corrected chi connectivity index (χ4v) is 4.32. The van der Waals surface area contributed by atoms with E-state index in [2.05, 4.69) is 36.6 Å². The molecule has 4 heterocycles. The van der Waals surface area contributed by atoms with Crippen LogP contribution >= 0.6 is 11.3 Å². The fourth-order valence-electron chi connectivity index (χ4n) is 3.62. The number of carbonyl (C=O) groups is 1. The van der Waals surface area contributed by atoms with E-state index in [4.69, 9.17) is 9.68 Å². The molecular weight excluding hydrogens is 414 g/mol. The van der Waals surface area contributed by atoms with Gasteiger partial charge in [0.15, 0.2) is 5.13 Å². The molecule has 0 aromatic carbocycles. The Kier molecular flexibility index (Phi) is 6.54. The second-order valence-electron chi connectivity index (χ2n) is 7.38. The number of hydrogen-bond acceptors (Lipinski definition) is 9. The van der Waals surface area contributed by atoms with Gasteiger partial charge in [-0.2, -0.15) is 5.26 Å². The van der Waals surface area contributed by atoms with Gasteiger partial charge in [0.25, 0.3) is 5.91 Å². The smallest absolute Gasteiger partial charge is 0.271 e. The summed E-state index contributed by atoms with van der Waals surface area (Å²) < 4.78 is 5.22. The average molecular weight is 438 g/mol. The van der Waals surface area contributed by atoms with Gasteiger partial charge in [-0.25, -0.2) is 15.0 Å². The van der Waals surface area contributed by atoms with Crippen LogP contribution in [-0.2, 0) is 6.54 Å². The van der Waals surface area contributed by atoms with Crippen molar-refractivity contribution in [2.24, 2.45) is 0 Å². The van der Waals surface area contributed by atoms with E-state index in [0.717, 1.165) is 31.6 Å². The molecule has 3 aromatic rings. The first-order valence-corrected chi connectivity index (χ1v) is 11.0. The number of nitrogens with zero attached hydrogens (tertiary/aromatic N) is 5. The maximum atomic E-state index is 12.3. The van der Waals surface area contributed by atoms with Crippen LogP contribution in [0.2, 0.25) is 0 Å². The van der Waals surface area contributed by atoms with Gasteiger partial charge < -0.3 is 15.1 Å². The number of aryl methyl sites for hydroxylation is 1. The molecule has 1 amide bonds. The number of hydrogen-bond donors (Lipinski definition) is 2. The van der Waals surface area contributed by atoms with E-state index in [1.54, 1.807) is 23.8 Å². The summed E-state index contributed by atoms with van der Waals surface area (Å²) in [5, 5.41) is 17.3. The van der Waals surface area contributed by atoms with Gasteiger partial charge in [-0.1, -0.05) is 0 Å². The summed E-state index contributed by atoms with van der Waals surface area (Å²) in [5.74, 6) is 2.01. The summed E-state index contributed by atoms with van der Waals surface area (Å²) in [4.78, 5) is 27.9. The van der Waals surface area contributed by atoms with Crippen molar-refractivity contribution in [2.45, 2.75) is 32.2 Å². The summed E-state index contributed by atoms with van der Waals surface area (Å²) in [6, 6.07) is 7.74. The molecule has 1 atom stereocenters. The minimum absolute atomic E-state index is 0.264. The molecule has 31 heavy (non-hydrogen) atoms. The number of likely N-dealkylation sites (tertiary alicyclic amines) is 1. The Morgan fingerprint density at radius 2 is 2.32 bits per heavy atom. The van der Waals surface area contributed by atoms with Gasteiger partial charge in [0.1, 0.15) is 23.1 Å². The highest BCUT2D eigenvalue weighted by atomic mass is 32.1. The molecule has 3 aromatic heterocycles. The van der Waals surface area contributed by atoms with E-state index in [1.165, 1.54) is 11.3 Å². The molecule has 1 aliphatic heterocycles. The first kappa shape index (κ1) is 21.0. The molecule has 160 valence electrons. The van der Waals surface area contributed by atoms with Crippen LogP contribution in [-0.4, -0.2) is 45.4 Å². The van der Waals surface area contributed by atoms with E-state index in [1.807, 2.05) is 13.0 Å². The Balaban J connectivity index is 1.41. The van der Waals surface area contributed by atoms with Crippen LogP contribution in [0.1, 0.15) is 46.5 Å². The van der Waals surface area contributed by atoms with Crippen LogP contribution in [0.25, 0.3) is 0 Å². The monoisotopic (exact) mass is 437 g/mol. The van der Waals surface area contributed by atoms with Gasteiger partial charge in [0, 0.05) is 23.9 Å². The van der Waals surface area contributed by atoms with Crippen molar-refractivity contribution in [2.75, 3.05) is 25.0 Å². The van der Waals surface area contributed by atoms with Crippen LogP contribution in [0.4, 0.5) is 10.9 Å². The van der Waals surface area contributed by atoms with E-state index in [0.29, 0.717) is 41.3 Å². The number of nitrogens with one attached hydrogen (secondary N) is 2. The number of amides is 1. The van der Waals surface area contributed by atoms with Crippen LogP contribution in [0, 0.1) is 18.3 Å². The lowest BCUT2D eigenvalue weighted by molar-refractivity contribution is 0.0944. The third kappa shape index (κ3) is 5.45. The van der Waals surface area contributed by atoms with Crippen molar-refractivity contribution in [3.63, 3.8) is 0 Å². The van der Waals surface area contributed by atoms with E-state index in [9.17, 15) is 4.79 Å². The predicted octanol–water partition coefficient (Wildman–Crippen LogP) is 3.21. The number of nitriles is 1. The molecule has 0 radical (unpaired) electrons. The summed E-state index contributed by atoms with van der Waals surface area (Å²) in [7, 11) is 0. The molecule has 10 heteroatoms. The summed E-state index contributed by atoms with van der Waals surface area (Å²) in [5.41, 5.74) is 1.30. The van der Waals surface area contributed by atoms with Crippen molar-refractivity contribution in [3.8, 4) is 6.07 Å². The first-order chi connectivity index (χ1) is 15.1. The van der Waals surface area contributed by atoms with E-state index < -0.39 is 0 Å². The Labute approximate surface area is 184 Å². The predicted molar refractivity (Wildman–Crippen MR) is 116 cm³/mol. The minimum atomic E-state index is -0.264. The zero-order valence-electron chi connectivity index (χ0n) is 17.2. The normalized spacial score (nSPS) is 16.6. The van der Waals surface area contributed by atoms with Gasteiger partial charge in [-0.15, -0.1) is 11.3 Å². The van der Waals surface area contributed by atoms with Gasteiger partial charge in [0.2, 0.25) is 0 Å². The lowest BCUT2D eigenvalue weighted by Crippen LogP contribution is -2.35. The lowest BCUT2D eigenvalue weighted by Gasteiger charge is -2.30. The van der Waals surface area contributed by atoms with Crippen molar-refractivity contribution in [3.05, 3.63) is 52.8 Å². The van der Waals surface area contributed by atoms with Crippen LogP contribution in [0.15, 0.2) is 34.3 Å². The quantitative estimate of drug-likeness (QED) is 0.541. The Hall–Kier alpha value is -3.29.